The van der Waals surface area contributed by atoms with E-state index < -0.39 is 9.84 Å². The molecule has 2 fully saturated rings. The lowest BCUT2D eigenvalue weighted by atomic mass is 10.0. The van der Waals surface area contributed by atoms with Crippen LogP contribution in [0.4, 0.5) is 0 Å². The molecule has 36 heavy (non-hydrogen) atoms. The Morgan fingerprint density at radius 1 is 1.11 bits per heavy atom. The number of carbonyl (C=O) groups is 1. The SMILES string of the molecule is O=C(c1nn([C@@H]2CCCN(CCn3ccnc3)C2)c2c1CS(=O)(=O)c1ccccc1-2)N1CCOCC1. The van der Waals surface area contributed by atoms with Crippen LogP contribution in [0.3, 0.4) is 0 Å². The molecule has 190 valence electrons. The van der Waals surface area contributed by atoms with Crippen LogP contribution < -0.4 is 0 Å². The predicted octanol–water partition coefficient (Wildman–Crippen LogP) is 1.84. The van der Waals surface area contributed by atoms with Crippen LogP contribution in [0.1, 0.15) is 34.9 Å². The topological polar surface area (TPSA) is 103 Å². The van der Waals surface area contributed by atoms with Gasteiger partial charge in [-0.3, -0.25) is 14.4 Å². The monoisotopic (exact) mass is 510 g/mol. The summed E-state index contributed by atoms with van der Waals surface area (Å²) < 4.78 is 35.9. The third-order valence-electron chi connectivity index (χ3n) is 7.38. The molecule has 0 radical (unpaired) electrons. The van der Waals surface area contributed by atoms with Crippen molar-refractivity contribution in [3.8, 4) is 11.3 Å². The fraction of sp³-hybridized carbons (Fsp3) is 0.480. The summed E-state index contributed by atoms with van der Waals surface area (Å²) in [6.45, 7) is 5.45. The molecule has 1 aromatic carbocycles. The van der Waals surface area contributed by atoms with Crippen LogP contribution in [0.5, 0.6) is 0 Å². The first-order valence-electron chi connectivity index (χ1n) is 12.5. The van der Waals surface area contributed by atoms with Crippen molar-refractivity contribution < 1.29 is 17.9 Å². The number of hydrogen-bond acceptors (Lipinski definition) is 7. The third kappa shape index (κ3) is 4.25. The molecular weight excluding hydrogens is 480 g/mol. The van der Waals surface area contributed by atoms with Crippen molar-refractivity contribution in [2.24, 2.45) is 0 Å². The van der Waals surface area contributed by atoms with E-state index in [2.05, 4.69) is 14.5 Å². The minimum Gasteiger partial charge on any atom is -0.378 e. The molecule has 3 aliphatic heterocycles. The number of rotatable bonds is 5. The number of nitrogens with zero attached hydrogens (tertiary/aromatic N) is 6. The van der Waals surface area contributed by atoms with E-state index in [0.717, 1.165) is 44.7 Å². The summed E-state index contributed by atoms with van der Waals surface area (Å²) in [5.41, 5.74) is 2.21. The second kappa shape index (κ2) is 9.45. The molecule has 3 aromatic rings. The number of likely N-dealkylation sites (tertiary alicyclic amines) is 1. The van der Waals surface area contributed by atoms with E-state index in [9.17, 15) is 13.2 Å². The van der Waals surface area contributed by atoms with Gasteiger partial charge in [-0.25, -0.2) is 13.4 Å². The highest BCUT2D eigenvalue weighted by Crippen LogP contribution is 2.41. The number of hydrogen-bond donors (Lipinski definition) is 0. The van der Waals surface area contributed by atoms with Gasteiger partial charge in [0.05, 0.1) is 41.9 Å². The molecule has 2 saturated heterocycles. The molecule has 0 unspecified atom stereocenters. The van der Waals surface area contributed by atoms with E-state index >= 15 is 0 Å². The molecule has 0 saturated carbocycles. The Labute approximate surface area is 210 Å². The fourth-order valence-corrected chi connectivity index (χ4v) is 7.15. The first kappa shape index (κ1) is 23.4. The highest BCUT2D eigenvalue weighted by molar-refractivity contribution is 7.90. The Kier molecular flexibility index (Phi) is 6.14. The Hall–Kier alpha value is -3.02. The van der Waals surface area contributed by atoms with Gasteiger partial charge in [-0.1, -0.05) is 18.2 Å². The largest absolute Gasteiger partial charge is 0.378 e. The second-order valence-electron chi connectivity index (χ2n) is 9.68. The van der Waals surface area contributed by atoms with Gasteiger partial charge in [-0.05, 0) is 25.5 Å². The van der Waals surface area contributed by atoms with Gasteiger partial charge in [-0.2, -0.15) is 5.10 Å². The molecule has 2 aromatic heterocycles. The van der Waals surface area contributed by atoms with Gasteiger partial charge in [0.1, 0.15) is 0 Å². The highest BCUT2D eigenvalue weighted by atomic mass is 32.2. The van der Waals surface area contributed by atoms with E-state index in [1.165, 1.54) is 0 Å². The van der Waals surface area contributed by atoms with Crippen molar-refractivity contribution >= 4 is 15.7 Å². The molecule has 6 rings (SSSR count). The Morgan fingerprint density at radius 3 is 2.75 bits per heavy atom. The molecule has 10 nitrogen and oxygen atoms in total. The molecule has 0 N–H and O–H groups in total. The number of aromatic nitrogens is 4. The van der Waals surface area contributed by atoms with Crippen molar-refractivity contribution in [3.63, 3.8) is 0 Å². The smallest absolute Gasteiger partial charge is 0.274 e. The minimum absolute atomic E-state index is 0.0513. The van der Waals surface area contributed by atoms with Gasteiger partial charge in [0, 0.05) is 56.2 Å². The molecule has 1 atom stereocenters. The highest BCUT2D eigenvalue weighted by Gasteiger charge is 2.38. The maximum Gasteiger partial charge on any atom is 0.274 e. The van der Waals surface area contributed by atoms with E-state index in [0.29, 0.717) is 42.3 Å². The summed E-state index contributed by atoms with van der Waals surface area (Å²) in [6, 6.07) is 7.15. The molecule has 5 heterocycles. The van der Waals surface area contributed by atoms with Crippen LogP contribution in [-0.2, 0) is 26.9 Å². The number of carbonyl (C=O) groups excluding carboxylic acids is 1. The van der Waals surface area contributed by atoms with Crippen molar-refractivity contribution in [3.05, 3.63) is 54.2 Å². The predicted molar refractivity (Wildman–Crippen MR) is 132 cm³/mol. The van der Waals surface area contributed by atoms with Gasteiger partial charge in [0.2, 0.25) is 0 Å². The minimum atomic E-state index is -3.57. The quantitative estimate of drug-likeness (QED) is 0.516. The van der Waals surface area contributed by atoms with Crippen LogP contribution in [0.15, 0.2) is 47.9 Å². The molecule has 3 aliphatic rings. The molecule has 1 amide bonds. The fourth-order valence-electron chi connectivity index (χ4n) is 5.55. The van der Waals surface area contributed by atoms with Crippen LogP contribution in [-0.4, -0.2) is 89.4 Å². The number of imidazole rings is 1. The normalized spacial score (nSPS) is 21.7. The maximum absolute atomic E-state index is 13.6. The average Bonchev–Trinajstić information content (AvgIpc) is 3.56. The zero-order valence-corrected chi connectivity index (χ0v) is 20.9. The van der Waals surface area contributed by atoms with E-state index in [1.807, 2.05) is 29.3 Å². The van der Waals surface area contributed by atoms with Gasteiger partial charge < -0.3 is 14.2 Å². The zero-order chi connectivity index (χ0) is 24.7. The van der Waals surface area contributed by atoms with Crippen LogP contribution in [0, 0.1) is 0 Å². The van der Waals surface area contributed by atoms with Gasteiger partial charge in [0.25, 0.3) is 5.91 Å². The summed E-state index contributed by atoms with van der Waals surface area (Å²) in [5, 5.41) is 4.88. The lowest BCUT2D eigenvalue weighted by molar-refractivity contribution is 0.0297. The summed E-state index contributed by atoms with van der Waals surface area (Å²) in [5.74, 6) is -0.419. The number of fused-ring (bicyclic) bond motifs is 3. The van der Waals surface area contributed by atoms with Crippen molar-refractivity contribution in [2.45, 2.75) is 36.1 Å². The Morgan fingerprint density at radius 2 is 1.94 bits per heavy atom. The van der Waals surface area contributed by atoms with Gasteiger partial charge in [0.15, 0.2) is 15.5 Å². The average molecular weight is 511 g/mol. The van der Waals surface area contributed by atoms with Crippen molar-refractivity contribution in [1.29, 1.82) is 0 Å². The molecule has 0 bridgehead atoms. The van der Waals surface area contributed by atoms with Crippen LogP contribution >= 0.6 is 0 Å². The summed E-state index contributed by atoms with van der Waals surface area (Å²) in [7, 11) is -3.57. The van der Waals surface area contributed by atoms with Crippen molar-refractivity contribution in [1.82, 2.24) is 29.1 Å². The molecule has 0 aliphatic carbocycles. The summed E-state index contributed by atoms with van der Waals surface area (Å²) in [4.78, 5) is 22.1. The summed E-state index contributed by atoms with van der Waals surface area (Å²) >= 11 is 0. The number of amides is 1. The van der Waals surface area contributed by atoms with E-state index in [-0.39, 0.29) is 23.4 Å². The lowest BCUT2D eigenvalue weighted by Crippen LogP contribution is -2.41. The van der Waals surface area contributed by atoms with Crippen LogP contribution in [0.25, 0.3) is 11.3 Å². The second-order valence-corrected chi connectivity index (χ2v) is 11.6. The summed E-state index contributed by atoms with van der Waals surface area (Å²) in [6.07, 6.45) is 7.51. The van der Waals surface area contributed by atoms with E-state index in [4.69, 9.17) is 9.84 Å². The van der Waals surface area contributed by atoms with Gasteiger partial charge in [-0.15, -0.1) is 0 Å². The Bertz CT molecular complexity index is 1360. The van der Waals surface area contributed by atoms with Gasteiger partial charge >= 0.3 is 0 Å². The van der Waals surface area contributed by atoms with Crippen molar-refractivity contribution in [2.75, 3.05) is 45.9 Å². The van der Waals surface area contributed by atoms with E-state index in [1.54, 1.807) is 23.2 Å². The maximum atomic E-state index is 13.6. The molecule has 0 spiro atoms. The lowest BCUT2D eigenvalue weighted by Gasteiger charge is -2.34. The number of ether oxygens (including phenoxy) is 1. The number of piperidine rings is 1. The molecular formula is C25H30N6O4S. The first-order valence-corrected chi connectivity index (χ1v) is 14.1. The molecule has 11 heteroatoms. The number of sulfone groups is 1. The standard InChI is InChI=1S/C25H30N6O4S/c32-25(30-12-14-35-15-13-30)23-21-17-36(33,34)22-6-2-1-5-20(22)24(21)31(27-23)19-4-3-8-28(16-19)10-11-29-9-7-26-18-29/h1-2,5-7,9,18-19H,3-4,8,10-17H2/t19-/m1/s1. The zero-order valence-electron chi connectivity index (χ0n) is 20.1. The number of benzene rings is 1. The first-order chi connectivity index (χ1) is 17.5. The van der Waals surface area contributed by atoms with Crippen LogP contribution in [0.2, 0.25) is 0 Å². The number of morpholine rings is 1. The third-order valence-corrected chi connectivity index (χ3v) is 9.08. The Balaban J connectivity index is 1.38.